The lowest BCUT2D eigenvalue weighted by atomic mass is 10.2. The largest absolute Gasteiger partial charge is 0.457 e. The van der Waals surface area contributed by atoms with E-state index in [1.54, 1.807) is 4.90 Å². The van der Waals surface area contributed by atoms with Crippen LogP contribution in [-0.4, -0.2) is 38.4 Å². The third-order valence-electron chi connectivity index (χ3n) is 5.53. The van der Waals surface area contributed by atoms with Crippen molar-refractivity contribution in [2.75, 3.05) is 13.1 Å². The van der Waals surface area contributed by atoms with Gasteiger partial charge in [-0.3, -0.25) is 4.79 Å². The molecule has 2 aromatic heterocycles. The lowest BCUT2D eigenvalue weighted by Gasteiger charge is -2.17. The first-order valence-electron chi connectivity index (χ1n) is 11.4. The molecule has 1 fully saturated rings. The van der Waals surface area contributed by atoms with Gasteiger partial charge < -0.3 is 18.9 Å². The van der Waals surface area contributed by atoms with E-state index < -0.39 is 0 Å². The molecule has 0 aliphatic carbocycles. The first-order valence-corrected chi connectivity index (χ1v) is 11.4. The standard InChI is InChI=1S/C25H22N4O3.C2H6/c1-2-23(30)28-14-12-18(16-28)29-15-13-22-24(29)25(27-17-26-22)32-21-10-8-20(9-11-21)31-19-6-4-3-5-7-19;1-2/h2-11,13,15,17-18H,1,12,14,16H2;1-2H3. The molecule has 0 saturated carbocycles. The van der Waals surface area contributed by atoms with Crippen LogP contribution in [0.1, 0.15) is 26.3 Å². The fourth-order valence-electron chi connectivity index (χ4n) is 3.95. The minimum atomic E-state index is -0.0468. The highest BCUT2D eigenvalue weighted by atomic mass is 16.5. The Morgan fingerprint density at radius 1 is 0.971 bits per heavy atom. The lowest BCUT2D eigenvalue weighted by Crippen LogP contribution is -2.27. The van der Waals surface area contributed by atoms with Crippen molar-refractivity contribution in [3.05, 3.63) is 85.8 Å². The summed E-state index contributed by atoms with van der Waals surface area (Å²) in [5, 5.41) is 0. The molecule has 34 heavy (non-hydrogen) atoms. The molecule has 1 aliphatic heterocycles. The predicted molar refractivity (Wildman–Crippen MR) is 132 cm³/mol. The maximum Gasteiger partial charge on any atom is 0.247 e. The van der Waals surface area contributed by atoms with Crippen LogP contribution in [0.5, 0.6) is 23.1 Å². The summed E-state index contributed by atoms with van der Waals surface area (Å²) in [7, 11) is 0. The Hall–Kier alpha value is -4.13. The van der Waals surface area contributed by atoms with Gasteiger partial charge in [-0.1, -0.05) is 38.6 Å². The Morgan fingerprint density at radius 3 is 2.35 bits per heavy atom. The molecule has 2 aromatic carbocycles. The SMILES string of the molecule is C=CC(=O)N1CCC(n2ccc3ncnc(Oc4ccc(Oc5ccccc5)cc4)c32)C1.CC. The van der Waals surface area contributed by atoms with Crippen LogP contribution in [0.25, 0.3) is 11.0 Å². The Labute approximate surface area is 199 Å². The Kier molecular flexibility index (Phi) is 7.22. The van der Waals surface area contributed by atoms with Crippen molar-refractivity contribution in [2.45, 2.75) is 26.3 Å². The second-order valence-electron chi connectivity index (χ2n) is 7.56. The topological polar surface area (TPSA) is 69.5 Å². The number of carbonyl (C=O) groups excluding carboxylic acids is 1. The van der Waals surface area contributed by atoms with E-state index >= 15 is 0 Å². The summed E-state index contributed by atoms with van der Waals surface area (Å²) in [5.74, 6) is 2.57. The van der Waals surface area contributed by atoms with Gasteiger partial charge in [-0.15, -0.1) is 0 Å². The number of aromatic nitrogens is 3. The number of fused-ring (bicyclic) bond motifs is 1. The average Bonchev–Trinajstić information content (AvgIpc) is 3.55. The van der Waals surface area contributed by atoms with Crippen molar-refractivity contribution in [2.24, 2.45) is 0 Å². The van der Waals surface area contributed by atoms with Crippen molar-refractivity contribution >= 4 is 16.9 Å². The number of para-hydroxylation sites is 1. The summed E-state index contributed by atoms with van der Waals surface area (Å²) in [4.78, 5) is 22.6. The van der Waals surface area contributed by atoms with Gasteiger partial charge in [0.25, 0.3) is 0 Å². The van der Waals surface area contributed by atoms with E-state index in [0.29, 0.717) is 24.7 Å². The highest BCUT2D eigenvalue weighted by Crippen LogP contribution is 2.33. The molecular weight excluding hydrogens is 428 g/mol. The maximum absolute atomic E-state index is 12.0. The normalized spacial score (nSPS) is 14.9. The number of nitrogens with zero attached hydrogens (tertiary/aromatic N) is 4. The number of ether oxygens (including phenoxy) is 2. The van der Waals surface area contributed by atoms with Crippen molar-refractivity contribution in [1.82, 2.24) is 19.4 Å². The number of amides is 1. The molecule has 0 radical (unpaired) electrons. The van der Waals surface area contributed by atoms with E-state index in [4.69, 9.17) is 9.47 Å². The summed E-state index contributed by atoms with van der Waals surface area (Å²) < 4.78 is 14.1. The molecule has 1 amide bonds. The monoisotopic (exact) mass is 456 g/mol. The Bertz CT molecular complexity index is 1250. The van der Waals surface area contributed by atoms with Crippen LogP contribution in [0.4, 0.5) is 0 Å². The van der Waals surface area contributed by atoms with Crippen molar-refractivity contribution < 1.29 is 14.3 Å². The third-order valence-corrected chi connectivity index (χ3v) is 5.53. The minimum Gasteiger partial charge on any atom is -0.457 e. The Balaban J connectivity index is 0.00000133. The second-order valence-corrected chi connectivity index (χ2v) is 7.56. The van der Waals surface area contributed by atoms with Gasteiger partial charge in [0.1, 0.15) is 29.1 Å². The molecule has 1 aliphatic rings. The first-order chi connectivity index (χ1) is 16.7. The molecule has 1 saturated heterocycles. The fourth-order valence-corrected chi connectivity index (χ4v) is 3.95. The van der Waals surface area contributed by atoms with Gasteiger partial charge >= 0.3 is 0 Å². The van der Waals surface area contributed by atoms with Crippen LogP contribution in [0, 0.1) is 0 Å². The highest BCUT2D eigenvalue weighted by Gasteiger charge is 2.28. The maximum atomic E-state index is 12.0. The van der Waals surface area contributed by atoms with Crippen LogP contribution in [-0.2, 0) is 4.79 Å². The molecule has 5 rings (SSSR count). The molecular formula is C27H28N4O3. The lowest BCUT2D eigenvalue weighted by molar-refractivity contribution is -0.125. The predicted octanol–water partition coefficient (Wildman–Crippen LogP) is 6.00. The quantitative estimate of drug-likeness (QED) is 0.333. The number of rotatable bonds is 6. The molecule has 4 aromatic rings. The second kappa shape index (κ2) is 10.7. The molecule has 1 unspecified atom stereocenters. The van der Waals surface area contributed by atoms with Gasteiger partial charge in [-0.05, 0) is 55.0 Å². The van der Waals surface area contributed by atoms with E-state index in [1.807, 2.05) is 80.7 Å². The summed E-state index contributed by atoms with van der Waals surface area (Å²) in [6.07, 6.45) is 5.69. The van der Waals surface area contributed by atoms with Crippen LogP contribution < -0.4 is 9.47 Å². The summed E-state index contributed by atoms with van der Waals surface area (Å²) >= 11 is 0. The summed E-state index contributed by atoms with van der Waals surface area (Å²) in [6.45, 7) is 8.90. The van der Waals surface area contributed by atoms with E-state index in [9.17, 15) is 4.79 Å². The van der Waals surface area contributed by atoms with Gasteiger partial charge in [0, 0.05) is 19.3 Å². The Morgan fingerprint density at radius 2 is 1.65 bits per heavy atom. The number of benzene rings is 2. The highest BCUT2D eigenvalue weighted by molar-refractivity contribution is 5.87. The minimum absolute atomic E-state index is 0.0468. The zero-order valence-corrected chi connectivity index (χ0v) is 19.4. The van der Waals surface area contributed by atoms with Crippen molar-refractivity contribution in [3.63, 3.8) is 0 Å². The van der Waals surface area contributed by atoms with Crippen LogP contribution in [0.15, 0.2) is 85.8 Å². The third kappa shape index (κ3) is 4.93. The molecule has 174 valence electrons. The molecule has 0 bridgehead atoms. The summed E-state index contributed by atoms with van der Waals surface area (Å²) in [5.41, 5.74) is 1.61. The van der Waals surface area contributed by atoms with E-state index in [-0.39, 0.29) is 11.9 Å². The summed E-state index contributed by atoms with van der Waals surface area (Å²) in [6, 6.07) is 19.1. The molecule has 0 spiro atoms. The van der Waals surface area contributed by atoms with Crippen LogP contribution in [0.2, 0.25) is 0 Å². The van der Waals surface area contributed by atoms with Gasteiger partial charge in [0.15, 0.2) is 0 Å². The van der Waals surface area contributed by atoms with Gasteiger partial charge in [0.05, 0.1) is 11.6 Å². The zero-order valence-electron chi connectivity index (χ0n) is 19.4. The van der Waals surface area contributed by atoms with E-state index in [0.717, 1.165) is 29.0 Å². The fraction of sp³-hybridized carbons (Fsp3) is 0.222. The molecule has 7 heteroatoms. The molecule has 0 N–H and O–H groups in total. The molecule has 3 heterocycles. The van der Waals surface area contributed by atoms with E-state index in [1.165, 1.54) is 12.4 Å². The van der Waals surface area contributed by atoms with Crippen LogP contribution >= 0.6 is 0 Å². The van der Waals surface area contributed by atoms with Crippen molar-refractivity contribution in [3.8, 4) is 23.1 Å². The first kappa shape index (κ1) is 23.0. The van der Waals surface area contributed by atoms with Gasteiger partial charge in [-0.2, -0.15) is 4.98 Å². The van der Waals surface area contributed by atoms with Crippen LogP contribution in [0.3, 0.4) is 0 Å². The number of carbonyl (C=O) groups is 1. The molecule has 1 atom stereocenters. The zero-order chi connectivity index (χ0) is 23.9. The van der Waals surface area contributed by atoms with Gasteiger partial charge in [0.2, 0.25) is 11.8 Å². The number of hydrogen-bond donors (Lipinski definition) is 0. The number of hydrogen-bond acceptors (Lipinski definition) is 5. The number of likely N-dealkylation sites (tertiary alicyclic amines) is 1. The average molecular weight is 457 g/mol. The van der Waals surface area contributed by atoms with Gasteiger partial charge in [-0.25, -0.2) is 4.98 Å². The smallest absolute Gasteiger partial charge is 0.247 e. The molecule has 7 nitrogen and oxygen atoms in total. The van der Waals surface area contributed by atoms with E-state index in [2.05, 4.69) is 21.1 Å². The van der Waals surface area contributed by atoms with Crippen molar-refractivity contribution in [1.29, 1.82) is 0 Å².